The second-order valence-electron chi connectivity index (χ2n) is 8.14. The quantitative estimate of drug-likeness (QED) is 0.505. The number of aryl methyl sites for hydroxylation is 1. The fourth-order valence-electron chi connectivity index (χ4n) is 4.54. The van der Waals surface area contributed by atoms with Crippen molar-refractivity contribution in [2.75, 3.05) is 10.7 Å². The summed E-state index contributed by atoms with van der Waals surface area (Å²) < 4.78 is 0. The molecule has 2 atom stereocenters. The predicted octanol–water partition coefficient (Wildman–Crippen LogP) is 4.18. The number of aromatic amines is 1. The van der Waals surface area contributed by atoms with Gasteiger partial charge in [-0.15, -0.1) is 11.3 Å². The van der Waals surface area contributed by atoms with E-state index in [0.717, 1.165) is 41.6 Å². The van der Waals surface area contributed by atoms with E-state index in [1.165, 1.54) is 27.8 Å². The maximum atomic E-state index is 12.9. The van der Waals surface area contributed by atoms with Crippen molar-refractivity contribution in [2.24, 2.45) is 5.92 Å². The molecule has 0 fully saturated rings. The van der Waals surface area contributed by atoms with Gasteiger partial charge in [-0.25, -0.2) is 4.98 Å². The summed E-state index contributed by atoms with van der Waals surface area (Å²) in [6.45, 7) is 4.33. The van der Waals surface area contributed by atoms with Gasteiger partial charge in [0.05, 0.1) is 11.1 Å². The standard InChI is InChI=1S/C22H23N3O2S2/c1-12-7-8-15-17(9-12)29-21-19(15)20(27)23-22(24-21)28-11-18(26)25-13(2)10-14-5-3-4-6-16(14)25/h3-6,12-13H,7-11H2,1-2H3,(H,23,24,27)/t12-,13-/m1/s1. The van der Waals surface area contributed by atoms with E-state index >= 15 is 0 Å². The molecule has 0 unspecified atom stereocenters. The van der Waals surface area contributed by atoms with Gasteiger partial charge in [-0.2, -0.15) is 0 Å². The second-order valence-corrected chi connectivity index (χ2v) is 10.2. The van der Waals surface area contributed by atoms with E-state index in [9.17, 15) is 9.59 Å². The first-order valence-electron chi connectivity index (χ1n) is 10.1. The van der Waals surface area contributed by atoms with Crippen LogP contribution in [0.4, 0.5) is 5.69 Å². The molecule has 150 valence electrons. The molecule has 7 heteroatoms. The molecule has 0 saturated heterocycles. The molecule has 0 saturated carbocycles. The fraction of sp³-hybridized carbons (Fsp3) is 0.409. The summed E-state index contributed by atoms with van der Waals surface area (Å²) in [6, 6.07) is 8.22. The fourth-order valence-corrected chi connectivity index (χ4v) is 6.70. The lowest BCUT2D eigenvalue weighted by atomic mass is 9.89. The van der Waals surface area contributed by atoms with Gasteiger partial charge in [0.1, 0.15) is 4.83 Å². The number of benzene rings is 1. The molecular weight excluding hydrogens is 402 g/mol. The maximum Gasteiger partial charge on any atom is 0.260 e. The molecule has 1 N–H and O–H groups in total. The molecule has 2 aromatic heterocycles. The number of rotatable bonds is 3. The van der Waals surface area contributed by atoms with Crippen LogP contribution in [0.25, 0.3) is 10.2 Å². The van der Waals surface area contributed by atoms with Crippen molar-refractivity contribution >= 4 is 44.9 Å². The minimum absolute atomic E-state index is 0.0505. The number of thioether (sulfide) groups is 1. The van der Waals surface area contributed by atoms with Crippen LogP contribution >= 0.6 is 23.1 Å². The third kappa shape index (κ3) is 3.30. The maximum absolute atomic E-state index is 12.9. The zero-order valence-corrected chi connectivity index (χ0v) is 18.2. The number of anilines is 1. The average molecular weight is 426 g/mol. The highest BCUT2D eigenvalue weighted by molar-refractivity contribution is 7.99. The van der Waals surface area contributed by atoms with E-state index in [1.54, 1.807) is 11.3 Å². The Bertz CT molecular complexity index is 1170. The third-order valence-electron chi connectivity index (χ3n) is 5.95. The summed E-state index contributed by atoms with van der Waals surface area (Å²) in [7, 11) is 0. The molecule has 0 bridgehead atoms. The van der Waals surface area contributed by atoms with Crippen LogP contribution in [-0.4, -0.2) is 27.7 Å². The van der Waals surface area contributed by atoms with Crippen LogP contribution in [0, 0.1) is 5.92 Å². The van der Waals surface area contributed by atoms with Gasteiger partial charge < -0.3 is 9.88 Å². The Kier molecular flexibility index (Phi) is 4.75. The Morgan fingerprint density at radius 3 is 3.00 bits per heavy atom. The molecule has 0 radical (unpaired) electrons. The largest absolute Gasteiger partial charge is 0.308 e. The number of aromatic nitrogens is 2. The third-order valence-corrected chi connectivity index (χ3v) is 7.96. The number of nitrogens with one attached hydrogen (secondary N) is 1. The Morgan fingerprint density at radius 2 is 2.14 bits per heavy atom. The van der Waals surface area contributed by atoms with E-state index in [4.69, 9.17) is 0 Å². The van der Waals surface area contributed by atoms with E-state index < -0.39 is 0 Å². The minimum Gasteiger partial charge on any atom is -0.308 e. The summed E-state index contributed by atoms with van der Waals surface area (Å²) in [5.41, 5.74) is 3.33. The van der Waals surface area contributed by atoms with Crippen molar-refractivity contribution in [1.82, 2.24) is 9.97 Å². The topological polar surface area (TPSA) is 66.1 Å². The molecule has 3 heterocycles. The predicted molar refractivity (Wildman–Crippen MR) is 119 cm³/mol. The molecule has 0 spiro atoms. The van der Waals surface area contributed by atoms with Gasteiger partial charge in [0.15, 0.2) is 5.16 Å². The number of hydrogen-bond acceptors (Lipinski definition) is 5. The number of amides is 1. The lowest BCUT2D eigenvalue weighted by Gasteiger charge is -2.22. The Hall–Kier alpha value is -2.12. The second kappa shape index (κ2) is 7.29. The van der Waals surface area contributed by atoms with Crippen LogP contribution in [0.2, 0.25) is 0 Å². The van der Waals surface area contributed by atoms with Crippen molar-refractivity contribution in [3.63, 3.8) is 0 Å². The lowest BCUT2D eigenvalue weighted by Crippen LogP contribution is -2.37. The zero-order valence-electron chi connectivity index (χ0n) is 16.5. The van der Waals surface area contributed by atoms with Crippen LogP contribution in [0.5, 0.6) is 0 Å². The van der Waals surface area contributed by atoms with Crippen molar-refractivity contribution in [2.45, 2.75) is 50.7 Å². The molecule has 5 rings (SSSR count). The monoisotopic (exact) mass is 425 g/mol. The highest BCUT2D eigenvalue weighted by atomic mass is 32.2. The first kappa shape index (κ1) is 18.9. The lowest BCUT2D eigenvalue weighted by molar-refractivity contribution is -0.116. The number of H-pyrrole nitrogens is 1. The minimum atomic E-state index is -0.0723. The molecule has 1 aromatic carbocycles. The van der Waals surface area contributed by atoms with Crippen LogP contribution in [0.3, 0.4) is 0 Å². The Morgan fingerprint density at radius 1 is 1.31 bits per heavy atom. The van der Waals surface area contributed by atoms with E-state index in [-0.39, 0.29) is 23.3 Å². The smallest absolute Gasteiger partial charge is 0.260 e. The number of carbonyl (C=O) groups is 1. The first-order chi connectivity index (χ1) is 14.0. The zero-order chi connectivity index (χ0) is 20.1. The van der Waals surface area contributed by atoms with Gasteiger partial charge in [0.2, 0.25) is 5.91 Å². The number of hydrogen-bond donors (Lipinski definition) is 1. The molecule has 1 aliphatic heterocycles. The number of carbonyl (C=O) groups excluding carboxylic acids is 1. The van der Waals surface area contributed by atoms with Gasteiger partial charge in [-0.3, -0.25) is 9.59 Å². The molecule has 3 aromatic rings. The molecular formula is C22H23N3O2S2. The Labute approximate surface area is 177 Å². The van der Waals surface area contributed by atoms with Crippen LogP contribution in [-0.2, 0) is 24.1 Å². The summed E-state index contributed by atoms with van der Waals surface area (Å²) in [5, 5.41) is 1.29. The van der Waals surface area contributed by atoms with Crippen molar-refractivity contribution in [3.8, 4) is 0 Å². The summed E-state index contributed by atoms with van der Waals surface area (Å²) in [6.07, 6.45) is 3.99. The van der Waals surface area contributed by atoms with Gasteiger partial charge in [0, 0.05) is 16.6 Å². The van der Waals surface area contributed by atoms with E-state index in [2.05, 4.69) is 29.9 Å². The van der Waals surface area contributed by atoms with Crippen molar-refractivity contribution in [3.05, 3.63) is 50.6 Å². The normalized spacial score (nSPS) is 20.7. The molecule has 1 aliphatic carbocycles. The molecule has 5 nitrogen and oxygen atoms in total. The van der Waals surface area contributed by atoms with Crippen LogP contribution in [0.15, 0.2) is 34.2 Å². The number of para-hydroxylation sites is 1. The highest BCUT2D eigenvalue weighted by Gasteiger charge is 2.30. The molecule has 2 aliphatic rings. The number of thiophene rings is 1. The first-order valence-corrected chi connectivity index (χ1v) is 11.9. The van der Waals surface area contributed by atoms with E-state index in [0.29, 0.717) is 11.1 Å². The van der Waals surface area contributed by atoms with Gasteiger partial charge >= 0.3 is 0 Å². The number of fused-ring (bicyclic) bond motifs is 4. The Balaban J connectivity index is 1.37. The van der Waals surface area contributed by atoms with Crippen molar-refractivity contribution < 1.29 is 4.79 Å². The van der Waals surface area contributed by atoms with Gasteiger partial charge in [0.25, 0.3) is 5.56 Å². The number of nitrogens with zero attached hydrogens (tertiary/aromatic N) is 2. The van der Waals surface area contributed by atoms with Crippen LogP contribution in [0.1, 0.15) is 36.3 Å². The SMILES string of the molecule is C[C@@H]1CCc2c(sc3nc(SCC(=O)N4c5ccccc5C[C@H]4C)[nH]c(=O)c23)C1. The van der Waals surface area contributed by atoms with Crippen LogP contribution < -0.4 is 10.5 Å². The van der Waals surface area contributed by atoms with Crippen molar-refractivity contribution in [1.29, 1.82) is 0 Å². The molecule has 29 heavy (non-hydrogen) atoms. The summed E-state index contributed by atoms with van der Waals surface area (Å²) in [4.78, 5) is 37.2. The highest BCUT2D eigenvalue weighted by Crippen LogP contribution is 2.36. The average Bonchev–Trinajstić information content (AvgIpc) is 3.22. The van der Waals surface area contributed by atoms with Gasteiger partial charge in [-0.1, -0.05) is 36.9 Å². The van der Waals surface area contributed by atoms with E-state index in [1.807, 2.05) is 23.1 Å². The molecule has 1 amide bonds. The summed E-state index contributed by atoms with van der Waals surface area (Å²) in [5.74, 6) is 0.968. The van der Waals surface area contributed by atoms with Gasteiger partial charge in [-0.05, 0) is 55.7 Å². The summed E-state index contributed by atoms with van der Waals surface area (Å²) >= 11 is 2.96.